The van der Waals surface area contributed by atoms with Crippen LogP contribution in [0.1, 0.15) is 46.5 Å². The van der Waals surface area contributed by atoms with Gasteiger partial charge in [-0.1, -0.05) is 11.8 Å². The van der Waals surface area contributed by atoms with Gasteiger partial charge in [0.1, 0.15) is 5.82 Å². The molecule has 1 saturated carbocycles. The van der Waals surface area contributed by atoms with E-state index in [1.807, 2.05) is 33.9 Å². The van der Waals surface area contributed by atoms with E-state index < -0.39 is 0 Å². The molecule has 1 aliphatic carbocycles. The first kappa shape index (κ1) is 14.4. The first-order valence-electron chi connectivity index (χ1n) is 7.19. The molecule has 2 aromatic rings. The summed E-state index contributed by atoms with van der Waals surface area (Å²) >= 11 is 1.49. The number of nitrogens with zero attached hydrogens (tertiary/aromatic N) is 4. The first-order chi connectivity index (χ1) is 9.99. The van der Waals surface area contributed by atoms with E-state index in [0.717, 1.165) is 27.9 Å². The zero-order valence-electron chi connectivity index (χ0n) is 12.9. The van der Waals surface area contributed by atoms with Crippen molar-refractivity contribution in [3.63, 3.8) is 0 Å². The second-order valence-corrected chi connectivity index (χ2v) is 6.63. The second kappa shape index (κ2) is 5.33. The van der Waals surface area contributed by atoms with Crippen LogP contribution < -0.4 is 0 Å². The lowest BCUT2D eigenvalue weighted by Crippen LogP contribution is -2.06. The number of carbonyl (C=O) groups is 1. The molecular weight excluding hydrogens is 284 g/mol. The van der Waals surface area contributed by atoms with Gasteiger partial charge in [0.15, 0.2) is 10.9 Å². The number of Topliss-reactive ketones (excluding diaryl/α,β-unsaturated/α-hetero) is 1. The van der Waals surface area contributed by atoms with Gasteiger partial charge in [0.2, 0.25) is 0 Å². The number of thioether (sulfide) groups is 1. The molecule has 0 unspecified atom stereocenters. The number of hydrogen-bond donors (Lipinski definition) is 0. The third-order valence-corrected chi connectivity index (χ3v) is 5.10. The Morgan fingerprint density at radius 3 is 2.62 bits per heavy atom. The predicted molar refractivity (Wildman–Crippen MR) is 83.0 cm³/mol. The van der Waals surface area contributed by atoms with E-state index in [1.54, 1.807) is 0 Å². The highest BCUT2D eigenvalue weighted by atomic mass is 32.2. The molecule has 112 valence electrons. The molecule has 0 aliphatic heterocycles. The Labute approximate surface area is 128 Å². The van der Waals surface area contributed by atoms with Crippen LogP contribution in [0.5, 0.6) is 0 Å². The van der Waals surface area contributed by atoms with E-state index in [4.69, 9.17) is 0 Å². The SMILES string of the molecule is Cc1cc(C(=O)CSc2nnc(C)n2C2CC2)c(C)n1C. The zero-order valence-corrected chi connectivity index (χ0v) is 13.7. The molecule has 6 heteroatoms. The molecule has 2 aromatic heterocycles. The summed E-state index contributed by atoms with van der Waals surface area (Å²) in [5.74, 6) is 1.51. The fraction of sp³-hybridized carbons (Fsp3) is 0.533. The molecule has 1 fully saturated rings. The van der Waals surface area contributed by atoms with Gasteiger partial charge in [-0.05, 0) is 39.7 Å². The zero-order chi connectivity index (χ0) is 15.1. The van der Waals surface area contributed by atoms with E-state index in [2.05, 4.69) is 19.3 Å². The van der Waals surface area contributed by atoms with Gasteiger partial charge in [-0.3, -0.25) is 4.79 Å². The molecule has 0 saturated heterocycles. The molecule has 2 heterocycles. The number of ketones is 1. The maximum atomic E-state index is 12.4. The van der Waals surface area contributed by atoms with E-state index in [9.17, 15) is 4.79 Å². The topological polar surface area (TPSA) is 52.7 Å². The summed E-state index contributed by atoms with van der Waals surface area (Å²) in [7, 11) is 1.99. The van der Waals surface area contributed by atoms with Crippen molar-refractivity contribution in [1.82, 2.24) is 19.3 Å². The van der Waals surface area contributed by atoms with Gasteiger partial charge in [-0.15, -0.1) is 10.2 Å². The molecular formula is C15H20N4OS. The van der Waals surface area contributed by atoms with E-state index in [1.165, 1.54) is 24.6 Å². The highest BCUT2D eigenvalue weighted by Crippen LogP contribution is 2.38. The quantitative estimate of drug-likeness (QED) is 0.629. The largest absolute Gasteiger partial charge is 0.351 e. The van der Waals surface area contributed by atoms with Gasteiger partial charge >= 0.3 is 0 Å². The molecule has 1 aliphatic rings. The van der Waals surface area contributed by atoms with Gasteiger partial charge in [-0.2, -0.15) is 0 Å². The van der Waals surface area contributed by atoms with Crippen LogP contribution in [-0.2, 0) is 7.05 Å². The number of carbonyl (C=O) groups excluding carboxylic acids is 1. The summed E-state index contributed by atoms with van der Waals surface area (Å²) in [5.41, 5.74) is 2.95. The van der Waals surface area contributed by atoms with Crippen LogP contribution in [0.4, 0.5) is 0 Å². The Bertz CT molecular complexity index is 697. The standard InChI is InChI=1S/C15H20N4OS/c1-9-7-13(10(2)18(9)4)14(20)8-21-15-17-16-11(3)19(15)12-5-6-12/h7,12H,5-6,8H2,1-4H3. The maximum Gasteiger partial charge on any atom is 0.191 e. The van der Waals surface area contributed by atoms with Gasteiger partial charge in [-0.25, -0.2) is 0 Å². The third-order valence-electron chi connectivity index (χ3n) is 4.15. The van der Waals surface area contributed by atoms with Gasteiger partial charge in [0.05, 0.1) is 5.75 Å². The third kappa shape index (κ3) is 2.64. The number of aryl methyl sites for hydroxylation is 2. The normalized spacial score (nSPS) is 14.7. The van der Waals surface area contributed by atoms with Crippen LogP contribution in [0, 0.1) is 20.8 Å². The summed E-state index contributed by atoms with van der Waals surface area (Å²) in [6.45, 7) is 5.98. The van der Waals surface area contributed by atoms with Crippen molar-refractivity contribution < 1.29 is 4.79 Å². The van der Waals surface area contributed by atoms with Gasteiger partial charge in [0.25, 0.3) is 0 Å². The van der Waals surface area contributed by atoms with E-state index in [-0.39, 0.29) is 5.78 Å². The van der Waals surface area contributed by atoms with Crippen molar-refractivity contribution >= 4 is 17.5 Å². The van der Waals surface area contributed by atoms with Crippen LogP contribution in [0.3, 0.4) is 0 Å². The van der Waals surface area contributed by atoms with Crippen molar-refractivity contribution in [3.05, 3.63) is 28.8 Å². The van der Waals surface area contributed by atoms with Crippen molar-refractivity contribution in [1.29, 1.82) is 0 Å². The predicted octanol–water partition coefficient (Wildman–Crippen LogP) is 2.85. The Hall–Kier alpha value is -1.56. The minimum absolute atomic E-state index is 0.157. The summed E-state index contributed by atoms with van der Waals surface area (Å²) in [6.07, 6.45) is 2.38. The number of aromatic nitrogens is 4. The maximum absolute atomic E-state index is 12.4. The number of rotatable bonds is 5. The molecule has 0 bridgehead atoms. The highest BCUT2D eigenvalue weighted by Gasteiger charge is 2.28. The van der Waals surface area contributed by atoms with Crippen molar-refractivity contribution in [2.45, 2.75) is 44.8 Å². The fourth-order valence-electron chi connectivity index (χ4n) is 2.55. The average Bonchev–Trinajstić information content (AvgIpc) is 3.18. The lowest BCUT2D eigenvalue weighted by atomic mass is 10.2. The summed E-state index contributed by atoms with van der Waals surface area (Å²) < 4.78 is 4.22. The minimum atomic E-state index is 0.157. The van der Waals surface area contributed by atoms with Crippen LogP contribution >= 0.6 is 11.8 Å². The molecule has 0 N–H and O–H groups in total. The van der Waals surface area contributed by atoms with Crippen molar-refractivity contribution in [3.8, 4) is 0 Å². The Kier molecular flexibility index (Phi) is 3.65. The average molecular weight is 304 g/mol. The molecule has 0 spiro atoms. The van der Waals surface area contributed by atoms with Crippen LogP contribution in [0.25, 0.3) is 0 Å². The highest BCUT2D eigenvalue weighted by molar-refractivity contribution is 7.99. The van der Waals surface area contributed by atoms with E-state index >= 15 is 0 Å². The molecule has 21 heavy (non-hydrogen) atoms. The van der Waals surface area contributed by atoms with Crippen LogP contribution in [0.15, 0.2) is 11.2 Å². The molecule has 5 nitrogen and oxygen atoms in total. The smallest absolute Gasteiger partial charge is 0.191 e. The lowest BCUT2D eigenvalue weighted by Gasteiger charge is -2.06. The second-order valence-electron chi connectivity index (χ2n) is 5.69. The van der Waals surface area contributed by atoms with Crippen molar-refractivity contribution in [2.24, 2.45) is 7.05 Å². The molecule has 0 aromatic carbocycles. The first-order valence-corrected chi connectivity index (χ1v) is 8.18. The lowest BCUT2D eigenvalue weighted by molar-refractivity contribution is 0.102. The number of hydrogen-bond acceptors (Lipinski definition) is 4. The minimum Gasteiger partial charge on any atom is -0.351 e. The van der Waals surface area contributed by atoms with Crippen molar-refractivity contribution in [2.75, 3.05) is 5.75 Å². The Morgan fingerprint density at radius 1 is 1.33 bits per heavy atom. The molecule has 0 atom stereocenters. The Morgan fingerprint density at radius 2 is 2.05 bits per heavy atom. The van der Waals surface area contributed by atoms with Crippen LogP contribution in [-0.4, -0.2) is 30.9 Å². The molecule has 0 amide bonds. The summed E-state index contributed by atoms with van der Waals surface area (Å²) in [4.78, 5) is 12.4. The molecule has 0 radical (unpaired) electrons. The fourth-order valence-corrected chi connectivity index (χ4v) is 3.48. The van der Waals surface area contributed by atoms with Gasteiger partial charge in [0, 0.05) is 30.0 Å². The summed E-state index contributed by atoms with van der Waals surface area (Å²) in [6, 6.07) is 2.51. The Balaban J connectivity index is 1.73. The monoisotopic (exact) mass is 304 g/mol. The van der Waals surface area contributed by atoms with E-state index in [0.29, 0.717) is 11.8 Å². The summed E-state index contributed by atoms with van der Waals surface area (Å²) in [5, 5.41) is 9.22. The van der Waals surface area contributed by atoms with Crippen LogP contribution in [0.2, 0.25) is 0 Å². The molecule has 3 rings (SSSR count). The van der Waals surface area contributed by atoms with Gasteiger partial charge < -0.3 is 9.13 Å².